The molecule has 0 saturated heterocycles. The maximum Gasteiger partial charge on any atom is 0.0223 e. The highest BCUT2D eigenvalue weighted by atomic mass is 35.5. The summed E-state index contributed by atoms with van der Waals surface area (Å²) in [4.78, 5) is 0. The van der Waals surface area contributed by atoms with Gasteiger partial charge in [-0.25, -0.2) is 0 Å². The van der Waals surface area contributed by atoms with E-state index in [1.807, 2.05) is 0 Å². The fourth-order valence-electron chi connectivity index (χ4n) is 2.22. The van der Waals surface area contributed by atoms with Gasteiger partial charge in [0.15, 0.2) is 0 Å². The van der Waals surface area contributed by atoms with Crippen molar-refractivity contribution in [1.82, 2.24) is 5.32 Å². The van der Waals surface area contributed by atoms with Crippen LogP contribution >= 0.6 is 11.6 Å². The fraction of sp³-hybridized carbons (Fsp3) is 0.600. The lowest BCUT2D eigenvalue weighted by Crippen LogP contribution is -2.16. The van der Waals surface area contributed by atoms with Crippen LogP contribution in [-0.2, 0) is 6.54 Å². The minimum absolute atomic E-state index is 0.788. The molecule has 0 spiro atoms. The highest BCUT2D eigenvalue weighted by Crippen LogP contribution is 2.15. The van der Waals surface area contributed by atoms with E-state index in [4.69, 9.17) is 11.6 Å². The molecule has 0 bridgehead atoms. The molecule has 1 N–H and O–H groups in total. The fourth-order valence-corrected chi connectivity index (χ4v) is 2.41. The summed E-state index contributed by atoms with van der Waals surface area (Å²) < 4.78 is 0. The van der Waals surface area contributed by atoms with Gasteiger partial charge in [-0.3, -0.25) is 0 Å². The minimum Gasteiger partial charge on any atom is -0.313 e. The summed E-state index contributed by atoms with van der Waals surface area (Å²) in [5.41, 5.74) is 5.60. The lowest BCUT2D eigenvalue weighted by molar-refractivity contribution is 0.615. The summed E-state index contributed by atoms with van der Waals surface area (Å²) in [5.74, 6) is 0.788. The molecule has 17 heavy (non-hydrogen) atoms. The Morgan fingerprint density at radius 2 is 1.65 bits per heavy atom. The molecule has 0 aliphatic rings. The lowest BCUT2D eigenvalue weighted by Gasteiger charge is -2.12. The summed E-state index contributed by atoms with van der Waals surface area (Å²) in [6.45, 7) is 8.63. The predicted octanol–water partition coefficient (Wildman–Crippen LogP) is 4.11. The van der Waals surface area contributed by atoms with Crippen molar-refractivity contribution in [3.8, 4) is 0 Å². The second-order valence-corrected chi connectivity index (χ2v) is 5.18. The molecule has 0 aliphatic heterocycles. The smallest absolute Gasteiger partial charge is 0.0223 e. The Kier molecular flexibility index (Phi) is 6.61. The summed E-state index contributed by atoms with van der Waals surface area (Å²) in [6, 6.07) is 4.52. The second kappa shape index (κ2) is 7.73. The van der Waals surface area contributed by atoms with Gasteiger partial charge in [0.1, 0.15) is 0 Å². The molecule has 0 amide bonds. The van der Waals surface area contributed by atoms with Gasteiger partial charge in [-0.1, -0.05) is 24.1 Å². The van der Waals surface area contributed by atoms with Crippen molar-refractivity contribution in [2.45, 2.75) is 46.6 Å². The molecular weight excluding hydrogens is 230 g/mol. The zero-order valence-electron chi connectivity index (χ0n) is 11.3. The van der Waals surface area contributed by atoms with Gasteiger partial charge in [0.05, 0.1) is 0 Å². The first kappa shape index (κ1) is 14.5. The third-order valence-corrected chi connectivity index (χ3v) is 3.40. The molecule has 0 aliphatic carbocycles. The van der Waals surface area contributed by atoms with Gasteiger partial charge in [-0.05, 0) is 56.8 Å². The Balaban J connectivity index is 2.36. The van der Waals surface area contributed by atoms with Crippen LogP contribution < -0.4 is 5.32 Å². The van der Waals surface area contributed by atoms with Crippen LogP contribution in [0.5, 0.6) is 0 Å². The third-order valence-electron chi connectivity index (χ3n) is 3.13. The van der Waals surface area contributed by atoms with Crippen molar-refractivity contribution in [2.24, 2.45) is 0 Å². The Morgan fingerprint density at radius 1 is 1.00 bits per heavy atom. The van der Waals surface area contributed by atoms with Crippen LogP contribution in [0.2, 0.25) is 0 Å². The van der Waals surface area contributed by atoms with Crippen molar-refractivity contribution in [3.63, 3.8) is 0 Å². The molecule has 96 valence electrons. The molecule has 0 radical (unpaired) electrons. The van der Waals surface area contributed by atoms with Gasteiger partial charge in [-0.15, -0.1) is 11.6 Å². The summed E-state index contributed by atoms with van der Waals surface area (Å²) >= 11 is 5.65. The maximum atomic E-state index is 5.65. The zero-order chi connectivity index (χ0) is 12.7. The molecule has 0 aromatic heterocycles. The topological polar surface area (TPSA) is 12.0 Å². The Hall–Kier alpha value is -0.530. The highest BCUT2D eigenvalue weighted by molar-refractivity contribution is 6.17. The van der Waals surface area contributed by atoms with Gasteiger partial charge in [0, 0.05) is 12.4 Å². The van der Waals surface area contributed by atoms with Crippen molar-refractivity contribution < 1.29 is 0 Å². The number of hydrogen-bond acceptors (Lipinski definition) is 1. The average molecular weight is 254 g/mol. The van der Waals surface area contributed by atoms with E-state index in [-0.39, 0.29) is 0 Å². The third kappa shape index (κ3) is 5.10. The molecule has 1 rings (SSSR count). The normalized spacial score (nSPS) is 10.8. The van der Waals surface area contributed by atoms with E-state index in [9.17, 15) is 0 Å². The molecule has 0 saturated carbocycles. The number of nitrogens with one attached hydrogen (secondary N) is 1. The lowest BCUT2D eigenvalue weighted by atomic mass is 10.00. The van der Waals surface area contributed by atoms with E-state index in [0.717, 1.165) is 25.4 Å². The van der Waals surface area contributed by atoms with Crippen LogP contribution in [0.15, 0.2) is 12.1 Å². The Labute approximate surface area is 111 Å². The van der Waals surface area contributed by atoms with E-state index in [0.29, 0.717) is 0 Å². The van der Waals surface area contributed by atoms with Crippen molar-refractivity contribution in [3.05, 3.63) is 34.4 Å². The number of rotatable bonds is 7. The van der Waals surface area contributed by atoms with Crippen LogP contribution in [0.3, 0.4) is 0 Å². The molecule has 0 unspecified atom stereocenters. The van der Waals surface area contributed by atoms with Crippen LogP contribution in [0.4, 0.5) is 0 Å². The number of unbranched alkanes of at least 4 members (excludes halogenated alkanes) is 2. The summed E-state index contributed by atoms with van der Waals surface area (Å²) in [6.07, 6.45) is 3.57. The van der Waals surface area contributed by atoms with Crippen LogP contribution in [-0.4, -0.2) is 12.4 Å². The standard InChI is InChI=1S/C15H24ClN/c1-12-9-13(2)15(14(3)10-12)11-17-8-6-4-5-7-16/h9-10,17H,4-8,11H2,1-3H3. The predicted molar refractivity (Wildman–Crippen MR) is 76.9 cm³/mol. The van der Waals surface area contributed by atoms with E-state index < -0.39 is 0 Å². The Bertz CT molecular complexity index is 324. The molecule has 2 heteroatoms. The van der Waals surface area contributed by atoms with Crippen LogP contribution in [0.1, 0.15) is 41.5 Å². The van der Waals surface area contributed by atoms with Crippen molar-refractivity contribution >= 4 is 11.6 Å². The van der Waals surface area contributed by atoms with Gasteiger partial charge >= 0.3 is 0 Å². The van der Waals surface area contributed by atoms with Gasteiger partial charge in [0.25, 0.3) is 0 Å². The highest BCUT2D eigenvalue weighted by Gasteiger charge is 2.02. The molecule has 0 atom stereocenters. The largest absolute Gasteiger partial charge is 0.313 e. The SMILES string of the molecule is Cc1cc(C)c(CNCCCCCCl)c(C)c1. The Morgan fingerprint density at radius 3 is 2.24 bits per heavy atom. The first-order chi connectivity index (χ1) is 8.15. The number of halogens is 1. The number of alkyl halides is 1. The van der Waals surface area contributed by atoms with Crippen molar-refractivity contribution in [2.75, 3.05) is 12.4 Å². The second-order valence-electron chi connectivity index (χ2n) is 4.80. The van der Waals surface area contributed by atoms with Crippen molar-refractivity contribution in [1.29, 1.82) is 0 Å². The molecule has 0 fully saturated rings. The minimum atomic E-state index is 0.788. The van der Waals surface area contributed by atoms with Gasteiger partial charge in [-0.2, -0.15) is 0 Å². The van der Waals surface area contributed by atoms with E-state index in [1.54, 1.807) is 0 Å². The zero-order valence-corrected chi connectivity index (χ0v) is 12.0. The monoisotopic (exact) mass is 253 g/mol. The van der Waals surface area contributed by atoms with E-state index in [1.165, 1.54) is 35.1 Å². The number of aryl methyl sites for hydroxylation is 3. The van der Waals surface area contributed by atoms with Crippen LogP contribution in [0.25, 0.3) is 0 Å². The first-order valence-corrected chi connectivity index (χ1v) is 7.02. The molecule has 1 nitrogen and oxygen atoms in total. The first-order valence-electron chi connectivity index (χ1n) is 6.48. The maximum absolute atomic E-state index is 5.65. The molecule has 1 aromatic carbocycles. The molecular formula is C15H24ClN. The number of hydrogen-bond donors (Lipinski definition) is 1. The molecule has 0 heterocycles. The quantitative estimate of drug-likeness (QED) is 0.570. The van der Waals surface area contributed by atoms with E-state index >= 15 is 0 Å². The summed E-state index contributed by atoms with van der Waals surface area (Å²) in [5, 5.41) is 3.52. The summed E-state index contributed by atoms with van der Waals surface area (Å²) in [7, 11) is 0. The molecule has 1 aromatic rings. The van der Waals surface area contributed by atoms with E-state index in [2.05, 4.69) is 38.2 Å². The van der Waals surface area contributed by atoms with Gasteiger partial charge in [0.2, 0.25) is 0 Å². The number of benzene rings is 1. The van der Waals surface area contributed by atoms with Crippen LogP contribution in [0, 0.1) is 20.8 Å². The van der Waals surface area contributed by atoms with Gasteiger partial charge < -0.3 is 5.32 Å². The average Bonchev–Trinajstić information content (AvgIpc) is 2.26.